The molecule has 1 saturated carbocycles. The third kappa shape index (κ3) is 6.23. The summed E-state index contributed by atoms with van der Waals surface area (Å²) in [6.45, 7) is 6.21. The first kappa shape index (κ1) is 21.2. The van der Waals surface area contributed by atoms with Gasteiger partial charge in [-0.2, -0.15) is 0 Å². The first-order valence-corrected chi connectivity index (χ1v) is 11.4. The maximum absolute atomic E-state index is 13.0. The van der Waals surface area contributed by atoms with Crippen LogP contribution >= 0.6 is 0 Å². The van der Waals surface area contributed by atoms with Gasteiger partial charge in [-0.1, -0.05) is 12.8 Å². The third-order valence-corrected chi connectivity index (χ3v) is 6.79. The van der Waals surface area contributed by atoms with Crippen molar-refractivity contribution >= 4 is 21.7 Å². The van der Waals surface area contributed by atoms with E-state index in [1.165, 1.54) is 0 Å². The average molecular weight is 389 g/mol. The van der Waals surface area contributed by atoms with Crippen molar-refractivity contribution in [2.45, 2.75) is 70.5 Å². The zero-order valence-electron chi connectivity index (χ0n) is 16.5. The Morgan fingerprint density at radius 3 is 2.19 bits per heavy atom. The summed E-state index contributed by atoms with van der Waals surface area (Å²) in [4.78, 5) is 27.7. The molecule has 7 nitrogen and oxygen atoms in total. The third-order valence-electron chi connectivity index (χ3n) is 5.04. The Bertz CT molecular complexity index is 621. The minimum absolute atomic E-state index is 0.0277. The molecule has 1 aliphatic carbocycles. The second-order valence-corrected chi connectivity index (χ2v) is 11.1. The fourth-order valence-corrected chi connectivity index (χ4v) is 5.74. The zero-order chi connectivity index (χ0) is 19.5. The molecule has 2 rings (SSSR count). The van der Waals surface area contributed by atoms with Crippen LogP contribution in [0.1, 0.15) is 52.9 Å². The average Bonchev–Trinajstić information content (AvgIpc) is 3.06. The summed E-state index contributed by atoms with van der Waals surface area (Å²) >= 11 is 0. The summed E-state index contributed by atoms with van der Waals surface area (Å²) in [6, 6.07) is -0.0520. The van der Waals surface area contributed by atoms with Gasteiger partial charge < -0.3 is 15.1 Å². The number of carbonyl (C=O) groups is 2. The largest absolute Gasteiger partial charge is 0.347 e. The minimum atomic E-state index is -3.04. The number of hydrogen-bond donors (Lipinski definition) is 2. The molecule has 0 radical (unpaired) electrons. The lowest BCUT2D eigenvalue weighted by Gasteiger charge is -2.34. The number of sulfone groups is 1. The molecule has 0 aromatic heterocycles. The summed E-state index contributed by atoms with van der Waals surface area (Å²) in [6.07, 6.45) is 4.61. The van der Waals surface area contributed by atoms with Gasteiger partial charge in [-0.05, 0) is 40.0 Å². The quantitative estimate of drug-likeness (QED) is 0.634. The van der Waals surface area contributed by atoms with E-state index in [1.807, 2.05) is 32.7 Å². The molecule has 2 amide bonds. The van der Waals surface area contributed by atoms with E-state index in [-0.39, 0.29) is 54.0 Å². The van der Waals surface area contributed by atoms with Gasteiger partial charge in [-0.3, -0.25) is 9.59 Å². The van der Waals surface area contributed by atoms with E-state index >= 15 is 0 Å². The van der Waals surface area contributed by atoms with Crippen molar-refractivity contribution < 1.29 is 22.9 Å². The van der Waals surface area contributed by atoms with Gasteiger partial charge in [-0.25, -0.2) is 8.42 Å². The van der Waals surface area contributed by atoms with E-state index < -0.39 is 9.84 Å². The standard InChI is InChI=1S/C18H33N3O4S/c1-18(2,3)19-16(22)11-20(4)12-17(23)21(14-7-5-6-8-14)15-9-10-26(24,25)13-15/h14-15H,5-13H2,1-4H3,(H,19,22)/p+1/t15-/m0/s1. The Hall–Kier alpha value is -1.15. The van der Waals surface area contributed by atoms with Crippen LogP contribution in [0, 0.1) is 0 Å². The molecule has 0 aromatic carbocycles. The van der Waals surface area contributed by atoms with Gasteiger partial charge in [0, 0.05) is 17.6 Å². The predicted octanol–water partition coefficient (Wildman–Crippen LogP) is -0.626. The molecule has 2 fully saturated rings. The highest BCUT2D eigenvalue weighted by Gasteiger charge is 2.39. The van der Waals surface area contributed by atoms with Crippen LogP contribution in [0.4, 0.5) is 0 Å². The van der Waals surface area contributed by atoms with Crippen molar-refractivity contribution in [3.8, 4) is 0 Å². The normalized spacial score (nSPS) is 24.4. The highest BCUT2D eigenvalue weighted by Crippen LogP contribution is 2.28. The Balaban J connectivity index is 1.99. The van der Waals surface area contributed by atoms with Crippen LogP contribution < -0.4 is 10.2 Å². The summed E-state index contributed by atoms with van der Waals surface area (Å²) < 4.78 is 23.8. The van der Waals surface area contributed by atoms with E-state index in [1.54, 1.807) is 0 Å². The van der Waals surface area contributed by atoms with Crippen molar-refractivity contribution in [2.75, 3.05) is 31.6 Å². The van der Waals surface area contributed by atoms with E-state index in [0.29, 0.717) is 6.42 Å². The SMILES string of the molecule is C[NH+](CC(=O)NC(C)(C)C)CC(=O)N(C1CCCC1)[C@H]1CCS(=O)(=O)C1. The highest BCUT2D eigenvalue weighted by molar-refractivity contribution is 7.91. The molecule has 1 saturated heterocycles. The first-order valence-electron chi connectivity index (χ1n) is 9.61. The number of carbonyl (C=O) groups excluding carboxylic acids is 2. The Labute approximate surface area is 157 Å². The highest BCUT2D eigenvalue weighted by atomic mass is 32.2. The summed E-state index contributed by atoms with van der Waals surface area (Å²) in [7, 11) is -1.20. The molecule has 0 bridgehead atoms. The van der Waals surface area contributed by atoms with Gasteiger partial charge in [-0.15, -0.1) is 0 Å². The predicted molar refractivity (Wildman–Crippen MR) is 101 cm³/mol. The number of amides is 2. The maximum Gasteiger partial charge on any atom is 0.278 e. The molecule has 1 heterocycles. The molecule has 1 unspecified atom stereocenters. The number of nitrogens with one attached hydrogen (secondary N) is 2. The monoisotopic (exact) mass is 388 g/mol. The first-order chi connectivity index (χ1) is 12.0. The molecular formula is C18H34N3O4S+. The Morgan fingerprint density at radius 1 is 1.08 bits per heavy atom. The van der Waals surface area contributed by atoms with Crippen LogP contribution in [-0.2, 0) is 19.4 Å². The van der Waals surface area contributed by atoms with Gasteiger partial charge >= 0.3 is 0 Å². The van der Waals surface area contributed by atoms with Crippen molar-refractivity contribution in [2.24, 2.45) is 0 Å². The zero-order valence-corrected chi connectivity index (χ0v) is 17.3. The van der Waals surface area contributed by atoms with Crippen LogP contribution in [0.3, 0.4) is 0 Å². The molecular weight excluding hydrogens is 354 g/mol. The van der Waals surface area contributed by atoms with Crippen LogP contribution in [0.2, 0.25) is 0 Å². The number of rotatable bonds is 6. The summed E-state index contributed by atoms with van der Waals surface area (Å²) in [5.41, 5.74) is -0.296. The molecule has 2 aliphatic rings. The van der Waals surface area contributed by atoms with E-state index in [4.69, 9.17) is 0 Å². The molecule has 2 atom stereocenters. The maximum atomic E-state index is 13.0. The van der Waals surface area contributed by atoms with Crippen LogP contribution in [-0.4, -0.2) is 74.4 Å². The number of likely N-dealkylation sites (N-methyl/N-ethyl adjacent to an activating group) is 1. The summed E-state index contributed by atoms with van der Waals surface area (Å²) in [5.74, 6) is 0.141. The number of nitrogens with zero attached hydrogens (tertiary/aromatic N) is 1. The summed E-state index contributed by atoms with van der Waals surface area (Å²) in [5, 5.41) is 2.91. The van der Waals surface area contributed by atoms with Crippen LogP contribution in [0.5, 0.6) is 0 Å². The Kier molecular flexibility index (Phi) is 6.71. The number of hydrogen-bond acceptors (Lipinski definition) is 4. The molecule has 26 heavy (non-hydrogen) atoms. The van der Waals surface area contributed by atoms with E-state index in [0.717, 1.165) is 30.6 Å². The van der Waals surface area contributed by atoms with Gasteiger partial charge in [0.25, 0.3) is 11.8 Å². The van der Waals surface area contributed by atoms with Crippen LogP contribution in [0.25, 0.3) is 0 Å². The fraction of sp³-hybridized carbons (Fsp3) is 0.889. The Morgan fingerprint density at radius 2 is 1.69 bits per heavy atom. The van der Waals surface area contributed by atoms with Gasteiger partial charge in [0.15, 0.2) is 22.9 Å². The molecule has 1 aliphatic heterocycles. The molecule has 0 spiro atoms. The van der Waals surface area contributed by atoms with Gasteiger partial charge in [0.2, 0.25) is 0 Å². The van der Waals surface area contributed by atoms with Gasteiger partial charge in [0.05, 0.1) is 18.6 Å². The molecule has 150 valence electrons. The molecule has 8 heteroatoms. The van der Waals surface area contributed by atoms with Crippen molar-refractivity contribution in [3.63, 3.8) is 0 Å². The second kappa shape index (κ2) is 8.25. The van der Waals surface area contributed by atoms with Gasteiger partial charge in [0.1, 0.15) is 0 Å². The lowest BCUT2D eigenvalue weighted by atomic mass is 10.1. The van der Waals surface area contributed by atoms with Crippen molar-refractivity contribution in [1.29, 1.82) is 0 Å². The topological polar surface area (TPSA) is 88.0 Å². The van der Waals surface area contributed by atoms with Crippen molar-refractivity contribution in [1.82, 2.24) is 10.2 Å². The fourth-order valence-electron chi connectivity index (χ4n) is 4.03. The number of quaternary nitrogens is 1. The molecule has 0 aromatic rings. The smallest absolute Gasteiger partial charge is 0.278 e. The lowest BCUT2D eigenvalue weighted by Crippen LogP contribution is -3.11. The van der Waals surface area contributed by atoms with E-state index in [2.05, 4.69) is 5.32 Å². The van der Waals surface area contributed by atoms with E-state index in [9.17, 15) is 18.0 Å². The van der Waals surface area contributed by atoms with Crippen molar-refractivity contribution in [3.05, 3.63) is 0 Å². The van der Waals surface area contributed by atoms with Crippen LogP contribution in [0.15, 0.2) is 0 Å². The molecule has 2 N–H and O–H groups in total. The second-order valence-electron chi connectivity index (χ2n) is 8.90. The minimum Gasteiger partial charge on any atom is -0.347 e. The lowest BCUT2D eigenvalue weighted by molar-refractivity contribution is -0.863.